The maximum absolute atomic E-state index is 13.2. The van der Waals surface area contributed by atoms with Gasteiger partial charge < -0.3 is 19.2 Å². The van der Waals surface area contributed by atoms with Gasteiger partial charge in [0.15, 0.2) is 0 Å². The number of fused-ring (bicyclic) bond motifs is 1. The second-order valence-electron chi connectivity index (χ2n) is 6.92. The number of rotatable bonds is 5. The lowest BCUT2D eigenvalue weighted by Crippen LogP contribution is -2.22. The third kappa shape index (κ3) is 4.28. The standard InChI is InChI=1S/C25H22N2O4/c1-16-8-4-6-10-20(16)26-24(28)19-14-17-9-5-7-11-22(17)31-25(19)27-21-15-18(29-2)12-13-23(21)30-3/h4-15H,1-3H3,(H,26,28). The van der Waals surface area contributed by atoms with Crippen LogP contribution in [-0.4, -0.2) is 20.1 Å². The topological polar surface area (TPSA) is 73.1 Å². The molecule has 0 aliphatic carbocycles. The molecule has 1 heterocycles. The zero-order chi connectivity index (χ0) is 21.8. The molecule has 0 radical (unpaired) electrons. The lowest BCUT2D eigenvalue weighted by molar-refractivity contribution is 0.102. The second kappa shape index (κ2) is 8.75. The average Bonchev–Trinajstić information content (AvgIpc) is 2.80. The number of hydrogen-bond donors (Lipinski definition) is 1. The van der Waals surface area contributed by atoms with E-state index in [1.54, 1.807) is 38.5 Å². The van der Waals surface area contributed by atoms with Crippen LogP contribution in [0.15, 0.2) is 82.2 Å². The van der Waals surface area contributed by atoms with E-state index < -0.39 is 0 Å². The molecule has 1 amide bonds. The van der Waals surface area contributed by atoms with Crippen molar-refractivity contribution in [2.75, 3.05) is 19.5 Å². The van der Waals surface area contributed by atoms with Crippen molar-refractivity contribution in [3.8, 4) is 11.5 Å². The highest BCUT2D eigenvalue weighted by Gasteiger charge is 2.15. The summed E-state index contributed by atoms with van der Waals surface area (Å²) < 4.78 is 16.8. The summed E-state index contributed by atoms with van der Waals surface area (Å²) in [5.41, 5.74) is 3.29. The predicted octanol–water partition coefficient (Wildman–Crippen LogP) is 5.24. The zero-order valence-electron chi connectivity index (χ0n) is 17.5. The number of aryl methyl sites for hydroxylation is 1. The summed E-state index contributed by atoms with van der Waals surface area (Å²) in [7, 11) is 3.14. The molecule has 0 aliphatic rings. The minimum atomic E-state index is -0.315. The third-order valence-corrected chi connectivity index (χ3v) is 4.90. The van der Waals surface area contributed by atoms with Gasteiger partial charge in [-0.3, -0.25) is 4.79 Å². The monoisotopic (exact) mass is 414 g/mol. The van der Waals surface area contributed by atoms with E-state index in [1.165, 1.54) is 0 Å². The van der Waals surface area contributed by atoms with E-state index in [0.717, 1.165) is 16.6 Å². The highest BCUT2D eigenvalue weighted by molar-refractivity contribution is 6.05. The van der Waals surface area contributed by atoms with Gasteiger partial charge in [-0.2, -0.15) is 0 Å². The van der Waals surface area contributed by atoms with Gasteiger partial charge in [-0.1, -0.05) is 36.4 Å². The number of nitrogens with zero attached hydrogens (tertiary/aromatic N) is 1. The van der Waals surface area contributed by atoms with Gasteiger partial charge in [0.1, 0.15) is 28.3 Å². The molecule has 156 valence electrons. The third-order valence-electron chi connectivity index (χ3n) is 4.90. The smallest absolute Gasteiger partial charge is 0.261 e. The summed E-state index contributed by atoms with van der Waals surface area (Å²) in [6, 6.07) is 22.1. The van der Waals surface area contributed by atoms with Crippen LogP contribution < -0.4 is 20.3 Å². The SMILES string of the molecule is COc1ccc(OC)c(N=c2oc3ccccc3cc2C(=O)Nc2ccccc2C)c1. The molecule has 0 aliphatic heterocycles. The van der Waals surface area contributed by atoms with Crippen molar-refractivity contribution < 1.29 is 18.7 Å². The normalized spacial score (nSPS) is 11.4. The number of benzene rings is 3. The van der Waals surface area contributed by atoms with Crippen LogP contribution in [0.5, 0.6) is 11.5 Å². The first-order valence-electron chi connectivity index (χ1n) is 9.75. The molecule has 0 saturated heterocycles. The molecule has 4 rings (SSSR count). The summed E-state index contributed by atoms with van der Waals surface area (Å²) in [6.07, 6.45) is 0. The van der Waals surface area contributed by atoms with Crippen LogP contribution in [0.3, 0.4) is 0 Å². The molecule has 0 fully saturated rings. The number of hydrogen-bond acceptors (Lipinski definition) is 5. The zero-order valence-corrected chi connectivity index (χ0v) is 17.5. The van der Waals surface area contributed by atoms with E-state index in [-0.39, 0.29) is 11.5 Å². The van der Waals surface area contributed by atoms with Gasteiger partial charge >= 0.3 is 0 Å². The Labute approximate surface area is 179 Å². The Hall–Kier alpha value is -4.06. The molecule has 0 atom stereocenters. The Morgan fingerprint density at radius 2 is 1.71 bits per heavy atom. The summed E-state index contributed by atoms with van der Waals surface area (Å²) >= 11 is 0. The van der Waals surface area contributed by atoms with Crippen LogP contribution >= 0.6 is 0 Å². The number of amides is 1. The Bertz CT molecular complexity index is 1320. The van der Waals surface area contributed by atoms with Crippen molar-refractivity contribution in [3.05, 3.63) is 89.5 Å². The number of nitrogens with one attached hydrogen (secondary N) is 1. The summed E-state index contributed by atoms with van der Waals surface area (Å²) in [4.78, 5) is 17.8. The first-order valence-corrected chi connectivity index (χ1v) is 9.75. The van der Waals surface area contributed by atoms with E-state index in [9.17, 15) is 4.79 Å². The van der Waals surface area contributed by atoms with Gasteiger partial charge in [0.05, 0.1) is 14.2 Å². The van der Waals surface area contributed by atoms with Gasteiger partial charge in [0, 0.05) is 17.1 Å². The minimum Gasteiger partial charge on any atom is -0.497 e. The van der Waals surface area contributed by atoms with Crippen LogP contribution in [0.2, 0.25) is 0 Å². The highest BCUT2D eigenvalue weighted by Crippen LogP contribution is 2.31. The average molecular weight is 414 g/mol. The maximum atomic E-state index is 13.2. The number of para-hydroxylation sites is 2. The molecule has 1 aromatic heterocycles. The number of anilines is 1. The van der Waals surface area contributed by atoms with Crippen molar-refractivity contribution in [1.82, 2.24) is 0 Å². The Balaban J connectivity index is 1.89. The van der Waals surface area contributed by atoms with Crippen molar-refractivity contribution in [3.63, 3.8) is 0 Å². The van der Waals surface area contributed by atoms with E-state index in [4.69, 9.17) is 13.9 Å². The fraction of sp³-hybridized carbons (Fsp3) is 0.120. The molecule has 0 bridgehead atoms. The minimum absolute atomic E-state index is 0.177. The molecular weight excluding hydrogens is 392 g/mol. The van der Waals surface area contributed by atoms with Gasteiger partial charge in [0.25, 0.3) is 5.91 Å². The fourth-order valence-electron chi connectivity index (χ4n) is 3.21. The summed E-state index contributed by atoms with van der Waals surface area (Å²) in [5, 5.41) is 3.75. The van der Waals surface area contributed by atoms with Crippen molar-refractivity contribution in [2.24, 2.45) is 4.99 Å². The van der Waals surface area contributed by atoms with Crippen LogP contribution in [-0.2, 0) is 0 Å². The Kier molecular flexibility index (Phi) is 5.71. The fourth-order valence-corrected chi connectivity index (χ4v) is 3.21. The van der Waals surface area contributed by atoms with Crippen molar-refractivity contribution in [1.29, 1.82) is 0 Å². The molecule has 4 aromatic rings. The van der Waals surface area contributed by atoms with Crippen LogP contribution in [0, 0.1) is 6.92 Å². The van der Waals surface area contributed by atoms with Crippen LogP contribution in [0.1, 0.15) is 15.9 Å². The van der Waals surface area contributed by atoms with E-state index in [2.05, 4.69) is 10.3 Å². The molecule has 6 heteroatoms. The lowest BCUT2D eigenvalue weighted by atomic mass is 10.1. The second-order valence-corrected chi connectivity index (χ2v) is 6.92. The summed E-state index contributed by atoms with van der Waals surface area (Å²) in [5.74, 6) is 0.838. The lowest BCUT2D eigenvalue weighted by Gasteiger charge is -2.10. The molecule has 6 nitrogen and oxygen atoms in total. The van der Waals surface area contributed by atoms with E-state index in [1.807, 2.05) is 55.5 Å². The molecule has 0 unspecified atom stereocenters. The first-order chi connectivity index (χ1) is 15.1. The number of ether oxygens (including phenoxy) is 2. The number of carbonyl (C=O) groups is 1. The molecule has 1 N–H and O–H groups in total. The first kappa shape index (κ1) is 20.2. The Morgan fingerprint density at radius 1 is 0.935 bits per heavy atom. The highest BCUT2D eigenvalue weighted by atomic mass is 16.5. The van der Waals surface area contributed by atoms with Gasteiger partial charge in [-0.05, 0) is 42.8 Å². The quantitative estimate of drug-likeness (QED) is 0.484. The summed E-state index contributed by atoms with van der Waals surface area (Å²) in [6.45, 7) is 1.94. The molecule has 3 aromatic carbocycles. The molecular formula is C25H22N2O4. The van der Waals surface area contributed by atoms with Gasteiger partial charge in [0.2, 0.25) is 5.55 Å². The van der Waals surface area contributed by atoms with E-state index in [0.29, 0.717) is 28.3 Å². The van der Waals surface area contributed by atoms with Gasteiger partial charge in [-0.25, -0.2) is 4.99 Å². The Morgan fingerprint density at radius 3 is 2.48 bits per heavy atom. The van der Waals surface area contributed by atoms with Gasteiger partial charge in [-0.15, -0.1) is 0 Å². The number of methoxy groups -OCH3 is 2. The molecule has 0 spiro atoms. The molecule has 0 saturated carbocycles. The molecule has 31 heavy (non-hydrogen) atoms. The van der Waals surface area contributed by atoms with Crippen molar-refractivity contribution >= 4 is 28.3 Å². The van der Waals surface area contributed by atoms with Crippen LogP contribution in [0.4, 0.5) is 11.4 Å². The van der Waals surface area contributed by atoms with E-state index >= 15 is 0 Å². The van der Waals surface area contributed by atoms with Crippen molar-refractivity contribution in [2.45, 2.75) is 6.92 Å². The predicted molar refractivity (Wildman–Crippen MR) is 120 cm³/mol. The van der Waals surface area contributed by atoms with Crippen LogP contribution in [0.25, 0.3) is 11.0 Å². The maximum Gasteiger partial charge on any atom is 0.261 e. The largest absolute Gasteiger partial charge is 0.497 e. The number of carbonyl (C=O) groups excluding carboxylic acids is 1.